The first-order chi connectivity index (χ1) is 15.3. The highest BCUT2D eigenvalue weighted by molar-refractivity contribution is 5.83. The largest absolute Gasteiger partial charge is 0.383 e. The smallest absolute Gasteiger partial charge is 0.330 e. The molecule has 1 heterocycles. The Kier molecular flexibility index (Phi) is 9.52. The number of carbonyl (C=O) groups excluding carboxylic acids is 1. The number of hydrogen-bond acceptors (Lipinski definition) is 6. The zero-order valence-corrected chi connectivity index (χ0v) is 19.4. The highest BCUT2D eigenvalue weighted by Crippen LogP contribution is 2.22. The van der Waals surface area contributed by atoms with Crippen LogP contribution in [0.1, 0.15) is 45.2 Å². The third-order valence-electron chi connectivity index (χ3n) is 5.31. The SMILES string of the molecule is CCCCn1c(N)c(N(CCOC)CC(=O)NC(c2ccccc2)C(C)C)c(=O)[nH]c1=O. The molecule has 4 N–H and O–H groups in total. The zero-order chi connectivity index (χ0) is 23.7. The Bertz CT molecular complexity index is 984. The van der Waals surface area contributed by atoms with E-state index in [-0.39, 0.29) is 49.1 Å². The molecule has 176 valence electrons. The van der Waals surface area contributed by atoms with Crippen LogP contribution in [0, 0.1) is 5.92 Å². The second-order valence-corrected chi connectivity index (χ2v) is 8.11. The highest BCUT2D eigenvalue weighted by Gasteiger charge is 2.23. The summed E-state index contributed by atoms with van der Waals surface area (Å²) in [6.07, 6.45) is 1.60. The summed E-state index contributed by atoms with van der Waals surface area (Å²) in [5.74, 6) is -0.0356. The van der Waals surface area contributed by atoms with E-state index in [1.807, 2.05) is 51.1 Å². The van der Waals surface area contributed by atoms with Crippen LogP contribution in [0.5, 0.6) is 0 Å². The van der Waals surface area contributed by atoms with Gasteiger partial charge in [-0.15, -0.1) is 0 Å². The first-order valence-electron chi connectivity index (χ1n) is 11.0. The zero-order valence-electron chi connectivity index (χ0n) is 19.4. The van der Waals surface area contributed by atoms with Crippen molar-refractivity contribution in [3.63, 3.8) is 0 Å². The van der Waals surface area contributed by atoms with Crippen molar-refractivity contribution in [3.8, 4) is 0 Å². The van der Waals surface area contributed by atoms with Gasteiger partial charge in [0.2, 0.25) is 5.91 Å². The molecule has 32 heavy (non-hydrogen) atoms. The van der Waals surface area contributed by atoms with E-state index in [9.17, 15) is 14.4 Å². The monoisotopic (exact) mass is 445 g/mol. The molecule has 0 fully saturated rings. The number of unbranched alkanes of at least 4 members (excludes halogenated alkanes) is 1. The predicted molar refractivity (Wildman–Crippen MR) is 127 cm³/mol. The Morgan fingerprint density at radius 3 is 2.53 bits per heavy atom. The van der Waals surface area contributed by atoms with Crippen LogP contribution in [-0.4, -0.2) is 42.3 Å². The molecule has 9 nitrogen and oxygen atoms in total. The minimum absolute atomic E-state index is 0.0552. The Balaban J connectivity index is 2.33. The topological polar surface area (TPSA) is 122 Å². The van der Waals surface area contributed by atoms with E-state index < -0.39 is 11.2 Å². The number of benzene rings is 1. The minimum Gasteiger partial charge on any atom is -0.383 e. The maximum atomic E-state index is 13.0. The van der Waals surface area contributed by atoms with Gasteiger partial charge in [-0.3, -0.25) is 19.1 Å². The lowest BCUT2D eigenvalue weighted by Gasteiger charge is -2.28. The van der Waals surface area contributed by atoms with Crippen molar-refractivity contribution in [1.29, 1.82) is 0 Å². The second kappa shape index (κ2) is 12.1. The van der Waals surface area contributed by atoms with Crippen LogP contribution >= 0.6 is 0 Å². The van der Waals surface area contributed by atoms with Gasteiger partial charge in [-0.05, 0) is 17.9 Å². The summed E-state index contributed by atoms with van der Waals surface area (Å²) in [6, 6.07) is 9.56. The van der Waals surface area contributed by atoms with Crippen LogP contribution in [0.15, 0.2) is 39.9 Å². The number of aromatic nitrogens is 2. The van der Waals surface area contributed by atoms with Gasteiger partial charge in [-0.1, -0.05) is 57.5 Å². The summed E-state index contributed by atoms with van der Waals surface area (Å²) in [6.45, 7) is 6.91. The van der Waals surface area contributed by atoms with Gasteiger partial charge in [0.15, 0.2) is 0 Å². The van der Waals surface area contributed by atoms with Gasteiger partial charge in [0.25, 0.3) is 5.56 Å². The van der Waals surface area contributed by atoms with Crippen molar-refractivity contribution in [2.75, 3.05) is 37.4 Å². The molecule has 2 rings (SSSR count). The van der Waals surface area contributed by atoms with E-state index in [0.29, 0.717) is 6.54 Å². The van der Waals surface area contributed by atoms with Crippen LogP contribution in [-0.2, 0) is 16.1 Å². The number of rotatable bonds is 12. The Labute approximate surface area is 188 Å². The van der Waals surface area contributed by atoms with Crippen molar-refractivity contribution >= 4 is 17.4 Å². The Hall–Kier alpha value is -3.07. The van der Waals surface area contributed by atoms with Gasteiger partial charge in [0.1, 0.15) is 11.5 Å². The molecule has 1 aromatic heterocycles. The van der Waals surface area contributed by atoms with Crippen LogP contribution in [0.25, 0.3) is 0 Å². The van der Waals surface area contributed by atoms with Crippen molar-refractivity contribution in [1.82, 2.24) is 14.9 Å². The van der Waals surface area contributed by atoms with E-state index in [2.05, 4.69) is 10.3 Å². The summed E-state index contributed by atoms with van der Waals surface area (Å²) in [4.78, 5) is 41.8. The molecule has 0 saturated heterocycles. The molecule has 1 amide bonds. The van der Waals surface area contributed by atoms with Crippen LogP contribution in [0.4, 0.5) is 11.5 Å². The predicted octanol–water partition coefficient (Wildman–Crippen LogP) is 1.89. The summed E-state index contributed by atoms with van der Waals surface area (Å²) >= 11 is 0. The number of amides is 1. The van der Waals surface area contributed by atoms with Crippen molar-refractivity contribution in [2.45, 2.75) is 46.2 Å². The number of carbonyl (C=O) groups is 1. The maximum Gasteiger partial charge on any atom is 0.330 e. The highest BCUT2D eigenvalue weighted by atomic mass is 16.5. The molecule has 2 aromatic rings. The molecule has 0 saturated carbocycles. The number of nitrogens with zero attached hydrogens (tertiary/aromatic N) is 2. The van der Waals surface area contributed by atoms with Crippen LogP contribution in [0.3, 0.4) is 0 Å². The fraction of sp³-hybridized carbons (Fsp3) is 0.522. The van der Waals surface area contributed by atoms with E-state index in [1.165, 1.54) is 11.7 Å². The maximum absolute atomic E-state index is 13.0. The number of ether oxygens (including phenoxy) is 1. The summed E-state index contributed by atoms with van der Waals surface area (Å²) < 4.78 is 6.51. The van der Waals surface area contributed by atoms with Crippen molar-refractivity contribution < 1.29 is 9.53 Å². The molecule has 0 radical (unpaired) electrons. The number of nitrogens with two attached hydrogens (primary N) is 1. The number of hydrogen-bond donors (Lipinski definition) is 3. The molecular formula is C23H35N5O4. The lowest BCUT2D eigenvalue weighted by atomic mass is 9.96. The lowest BCUT2D eigenvalue weighted by Crippen LogP contribution is -2.45. The number of nitrogens with one attached hydrogen (secondary N) is 2. The Morgan fingerprint density at radius 1 is 1.25 bits per heavy atom. The van der Waals surface area contributed by atoms with Crippen LogP contribution in [0.2, 0.25) is 0 Å². The average Bonchev–Trinajstić information content (AvgIpc) is 2.75. The summed E-state index contributed by atoms with van der Waals surface area (Å²) in [5, 5.41) is 3.07. The van der Waals surface area contributed by atoms with Gasteiger partial charge in [-0.2, -0.15) is 0 Å². The fourth-order valence-electron chi connectivity index (χ4n) is 3.58. The van der Waals surface area contributed by atoms with E-state index in [1.54, 1.807) is 4.90 Å². The molecule has 0 aliphatic carbocycles. The number of H-pyrrole nitrogens is 1. The third kappa shape index (κ3) is 6.46. The summed E-state index contributed by atoms with van der Waals surface area (Å²) in [5.41, 5.74) is 6.18. The Morgan fingerprint density at radius 2 is 1.94 bits per heavy atom. The second-order valence-electron chi connectivity index (χ2n) is 8.11. The molecule has 1 aromatic carbocycles. The van der Waals surface area contributed by atoms with E-state index in [4.69, 9.17) is 10.5 Å². The molecule has 1 atom stereocenters. The number of anilines is 2. The van der Waals surface area contributed by atoms with Gasteiger partial charge < -0.3 is 20.7 Å². The van der Waals surface area contributed by atoms with Crippen molar-refractivity contribution in [2.24, 2.45) is 5.92 Å². The quantitative estimate of drug-likeness (QED) is 0.459. The standard InChI is InChI=1S/C23H35N5O4/c1-5-6-12-28-21(24)20(22(30)26-23(28)31)27(13-14-32-4)15-18(29)25-19(16(2)3)17-10-8-7-9-11-17/h7-11,16,19H,5-6,12-15,24H2,1-4H3,(H,25,29)(H,26,30,31). The molecule has 0 spiro atoms. The molecule has 1 unspecified atom stereocenters. The van der Waals surface area contributed by atoms with Gasteiger partial charge in [0.05, 0.1) is 19.2 Å². The third-order valence-corrected chi connectivity index (χ3v) is 5.31. The number of aromatic amines is 1. The van der Waals surface area contributed by atoms with Gasteiger partial charge in [-0.25, -0.2) is 4.79 Å². The molecular weight excluding hydrogens is 410 g/mol. The molecule has 0 bridgehead atoms. The fourth-order valence-corrected chi connectivity index (χ4v) is 3.58. The van der Waals surface area contributed by atoms with Gasteiger partial charge in [0, 0.05) is 20.2 Å². The van der Waals surface area contributed by atoms with E-state index >= 15 is 0 Å². The average molecular weight is 446 g/mol. The van der Waals surface area contributed by atoms with Crippen LogP contribution < -0.4 is 27.2 Å². The summed E-state index contributed by atoms with van der Waals surface area (Å²) in [7, 11) is 1.54. The molecule has 0 aliphatic rings. The lowest BCUT2D eigenvalue weighted by molar-refractivity contribution is -0.120. The van der Waals surface area contributed by atoms with E-state index in [0.717, 1.165) is 18.4 Å². The molecule has 9 heteroatoms. The van der Waals surface area contributed by atoms with Crippen molar-refractivity contribution in [3.05, 3.63) is 56.7 Å². The molecule has 0 aliphatic heterocycles. The minimum atomic E-state index is -0.618. The van der Waals surface area contributed by atoms with Gasteiger partial charge >= 0.3 is 5.69 Å². The first kappa shape index (κ1) is 25.2. The normalized spacial score (nSPS) is 12.0. The first-order valence-corrected chi connectivity index (χ1v) is 11.0. The number of methoxy groups -OCH3 is 1. The number of nitrogen functional groups attached to an aromatic ring is 1.